The van der Waals surface area contributed by atoms with Gasteiger partial charge in [-0.1, -0.05) is 0 Å². The van der Waals surface area contributed by atoms with Crippen molar-refractivity contribution in [3.63, 3.8) is 0 Å². The van der Waals surface area contributed by atoms with Gasteiger partial charge in [0.2, 0.25) is 0 Å². The van der Waals surface area contributed by atoms with Crippen LogP contribution in [0.25, 0.3) is 5.57 Å². The Morgan fingerprint density at radius 3 is 2.34 bits per heavy atom. The summed E-state index contributed by atoms with van der Waals surface area (Å²) in [7, 11) is 0. The number of piperidine rings is 1. The lowest BCUT2D eigenvalue weighted by Crippen LogP contribution is -2.43. The van der Waals surface area contributed by atoms with E-state index in [0.717, 1.165) is 18.3 Å². The predicted octanol–water partition coefficient (Wildman–Crippen LogP) is 3.57. The van der Waals surface area contributed by atoms with Crippen LogP contribution in [0.5, 0.6) is 0 Å². The molecule has 2 heterocycles. The quantitative estimate of drug-likeness (QED) is 0.509. The molecule has 168 valence electrons. The van der Waals surface area contributed by atoms with Crippen LogP contribution in [0, 0.1) is 10.8 Å². The standard InChI is InChI=1S/C22H23F3N6O/c23-22(24,25)17-3-1-14(2-4-17)21(32)31-7-5-18(6-8-31)29-13-16(10-26)15-9-19(28)20(11-27)30-12-15/h1-4,9-13,18,26-27,29H,5-8,28H2/b16-13+,26-10?,27-11?. The van der Waals surface area contributed by atoms with E-state index in [9.17, 15) is 18.0 Å². The minimum absolute atomic E-state index is 0.0766. The average Bonchev–Trinajstić information content (AvgIpc) is 2.79. The summed E-state index contributed by atoms with van der Waals surface area (Å²) in [6.07, 6.45) is 2.36. The lowest BCUT2D eigenvalue weighted by atomic mass is 10.0. The third-order valence-electron chi connectivity index (χ3n) is 5.29. The van der Waals surface area contributed by atoms with Crippen LogP contribution in [0.1, 0.15) is 40.0 Å². The summed E-state index contributed by atoms with van der Waals surface area (Å²) >= 11 is 0. The van der Waals surface area contributed by atoms with Crippen LogP contribution in [0.15, 0.2) is 42.7 Å². The molecule has 10 heteroatoms. The lowest BCUT2D eigenvalue weighted by molar-refractivity contribution is -0.137. The zero-order valence-electron chi connectivity index (χ0n) is 17.1. The first-order chi connectivity index (χ1) is 15.2. The van der Waals surface area contributed by atoms with Crippen LogP contribution >= 0.6 is 0 Å². The Labute approximate surface area is 183 Å². The number of aromatic nitrogens is 1. The van der Waals surface area contributed by atoms with Crippen molar-refractivity contribution in [1.82, 2.24) is 15.2 Å². The number of hydrogen-bond donors (Lipinski definition) is 4. The molecular weight excluding hydrogens is 421 g/mol. The van der Waals surface area contributed by atoms with Crippen LogP contribution < -0.4 is 11.1 Å². The highest BCUT2D eigenvalue weighted by atomic mass is 19.4. The first-order valence-electron chi connectivity index (χ1n) is 9.92. The SMILES string of the molecule is N=C/C(=C\NC1CCN(C(=O)c2ccc(C(F)(F)F)cc2)CC1)c1cnc(C=N)c(N)c1. The van der Waals surface area contributed by atoms with E-state index in [-0.39, 0.29) is 17.5 Å². The average molecular weight is 444 g/mol. The fourth-order valence-corrected chi connectivity index (χ4v) is 3.42. The Morgan fingerprint density at radius 1 is 1.16 bits per heavy atom. The second kappa shape index (κ2) is 9.63. The van der Waals surface area contributed by atoms with Crippen molar-refractivity contribution in [2.24, 2.45) is 0 Å². The molecule has 0 spiro atoms. The van der Waals surface area contributed by atoms with E-state index in [1.165, 1.54) is 18.3 Å². The maximum absolute atomic E-state index is 12.7. The van der Waals surface area contributed by atoms with Crippen LogP contribution in [0.3, 0.4) is 0 Å². The Morgan fingerprint density at radius 2 is 1.81 bits per heavy atom. The summed E-state index contributed by atoms with van der Waals surface area (Å²) in [5, 5.41) is 18.1. The first kappa shape index (κ1) is 23.0. The largest absolute Gasteiger partial charge is 0.416 e. The number of allylic oxidation sites excluding steroid dienone is 1. The Bertz CT molecular complexity index is 1020. The van der Waals surface area contributed by atoms with E-state index in [1.807, 2.05) is 0 Å². The van der Waals surface area contributed by atoms with Gasteiger partial charge in [-0.15, -0.1) is 0 Å². The summed E-state index contributed by atoms with van der Waals surface area (Å²) in [4.78, 5) is 18.3. The summed E-state index contributed by atoms with van der Waals surface area (Å²) in [5.74, 6) is -0.291. The van der Waals surface area contributed by atoms with Gasteiger partial charge in [0, 0.05) is 60.7 Å². The van der Waals surface area contributed by atoms with Crippen LogP contribution in [-0.2, 0) is 6.18 Å². The Kier molecular flexibility index (Phi) is 6.92. The van der Waals surface area contributed by atoms with Gasteiger partial charge >= 0.3 is 6.18 Å². The maximum atomic E-state index is 12.7. The number of hydrogen-bond acceptors (Lipinski definition) is 6. The molecule has 1 aromatic carbocycles. The number of carbonyl (C=O) groups excluding carboxylic acids is 1. The molecule has 5 N–H and O–H groups in total. The lowest BCUT2D eigenvalue weighted by Gasteiger charge is -2.32. The second-order valence-corrected chi connectivity index (χ2v) is 7.40. The number of pyridine rings is 1. The predicted molar refractivity (Wildman–Crippen MR) is 117 cm³/mol. The second-order valence-electron chi connectivity index (χ2n) is 7.40. The number of amides is 1. The normalized spacial score (nSPS) is 15.3. The van der Waals surface area contributed by atoms with Crippen LogP contribution in [0.2, 0.25) is 0 Å². The molecule has 0 atom stereocenters. The maximum Gasteiger partial charge on any atom is 0.416 e. The summed E-state index contributed by atoms with van der Waals surface area (Å²) < 4.78 is 38.1. The molecule has 1 aliphatic rings. The monoisotopic (exact) mass is 444 g/mol. The topological polar surface area (TPSA) is 119 Å². The number of nitrogen functional groups attached to an aromatic ring is 1. The molecule has 0 bridgehead atoms. The number of benzene rings is 1. The smallest absolute Gasteiger partial charge is 0.397 e. The highest BCUT2D eigenvalue weighted by Crippen LogP contribution is 2.29. The molecule has 2 aromatic rings. The van der Waals surface area contributed by atoms with Gasteiger partial charge in [-0.3, -0.25) is 9.78 Å². The highest BCUT2D eigenvalue weighted by Gasteiger charge is 2.30. The number of anilines is 1. The number of likely N-dealkylation sites (tertiary alicyclic amines) is 1. The van der Waals surface area contributed by atoms with Gasteiger partial charge < -0.3 is 26.8 Å². The van der Waals surface area contributed by atoms with E-state index in [1.54, 1.807) is 23.4 Å². The molecule has 0 saturated carbocycles. The van der Waals surface area contributed by atoms with Gasteiger partial charge in [0.15, 0.2) is 0 Å². The van der Waals surface area contributed by atoms with Crippen molar-refractivity contribution in [2.45, 2.75) is 25.1 Å². The van der Waals surface area contributed by atoms with Gasteiger partial charge in [0.1, 0.15) is 5.69 Å². The molecular formula is C22H23F3N6O. The van der Waals surface area contributed by atoms with Crippen molar-refractivity contribution in [3.8, 4) is 0 Å². The number of carbonyl (C=O) groups is 1. The zero-order valence-corrected chi connectivity index (χ0v) is 17.1. The van der Waals surface area contributed by atoms with Gasteiger partial charge in [0.05, 0.1) is 11.3 Å². The van der Waals surface area contributed by atoms with E-state index in [0.29, 0.717) is 48.4 Å². The molecule has 0 unspecified atom stereocenters. The van der Waals surface area contributed by atoms with E-state index in [4.69, 9.17) is 16.6 Å². The Balaban J connectivity index is 1.58. The number of nitrogens with zero attached hydrogens (tertiary/aromatic N) is 2. The molecule has 0 aliphatic carbocycles. The van der Waals surface area contributed by atoms with Crippen LogP contribution in [-0.4, -0.2) is 47.4 Å². The number of nitrogens with two attached hydrogens (primary N) is 1. The molecule has 3 rings (SSSR count). The van der Waals surface area contributed by atoms with Gasteiger partial charge in [0.25, 0.3) is 5.91 Å². The van der Waals surface area contributed by atoms with E-state index in [2.05, 4.69) is 10.3 Å². The minimum atomic E-state index is -4.43. The highest BCUT2D eigenvalue weighted by molar-refractivity contribution is 6.08. The number of alkyl halides is 3. The molecule has 1 saturated heterocycles. The molecule has 7 nitrogen and oxygen atoms in total. The Hall–Kier alpha value is -3.69. The minimum Gasteiger partial charge on any atom is -0.397 e. The summed E-state index contributed by atoms with van der Waals surface area (Å²) in [6, 6.07) is 5.98. The molecule has 1 fully saturated rings. The van der Waals surface area contributed by atoms with Crippen molar-refractivity contribution >= 4 is 29.6 Å². The van der Waals surface area contributed by atoms with Crippen molar-refractivity contribution in [1.29, 1.82) is 10.8 Å². The molecule has 1 amide bonds. The fourth-order valence-electron chi connectivity index (χ4n) is 3.42. The molecule has 1 aromatic heterocycles. The summed E-state index contributed by atoms with van der Waals surface area (Å²) in [6.45, 7) is 0.932. The van der Waals surface area contributed by atoms with Gasteiger partial charge in [-0.2, -0.15) is 13.2 Å². The number of halogens is 3. The van der Waals surface area contributed by atoms with Crippen molar-refractivity contribution < 1.29 is 18.0 Å². The van der Waals surface area contributed by atoms with E-state index >= 15 is 0 Å². The molecule has 32 heavy (non-hydrogen) atoms. The number of rotatable bonds is 6. The van der Waals surface area contributed by atoms with E-state index < -0.39 is 11.7 Å². The zero-order chi connectivity index (χ0) is 23.3. The fraction of sp³-hybridized carbons (Fsp3) is 0.273. The van der Waals surface area contributed by atoms with Crippen LogP contribution in [0.4, 0.5) is 18.9 Å². The summed E-state index contributed by atoms with van der Waals surface area (Å²) in [5.41, 5.74) is 7.23. The third kappa shape index (κ3) is 5.32. The third-order valence-corrected chi connectivity index (χ3v) is 5.29. The number of nitrogens with one attached hydrogen (secondary N) is 3. The van der Waals surface area contributed by atoms with Gasteiger partial charge in [-0.05, 0) is 43.2 Å². The molecule has 0 radical (unpaired) electrons. The van der Waals surface area contributed by atoms with Crippen molar-refractivity contribution in [2.75, 3.05) is 18.8 Å². The first-order valence-corrected chi connectivity index (χ1v) is 9.92. The van der Waals surface area contributed by atoms with Gasteiger partial charge in [-0.25, -0.2) is 0 Å². The molecule has 1 aliphatic heterocycles. The van der Waals surface area contributed by atoms with Crippen molar-refractivity contribution in [3.05, 3.63) is 65.1 Å².